The van der Waals surface area contributed by atoms with Crippen molar-refractivity contribution in [2.24, 2.45) is 10.8 Å². The summed E-state index contributed by atoms with van der Waals surface area (Å²) >= 11 is 0. The lowest BCUT2D eigenvalue weighted by Crippen LogP contribution is -2.66. The van der Waals surface area contributed by atoms with Crippen LogP contribution in [-0.4, -0.2) is 23.1 Å². The molecule has 2 bridgehead atoms. The zero-order chi connectivity index (χ0) is 14.7. The van der Waals surface area contributed by atoms with Gasteiger partial charge in [0.15, 0.2) is 0 Å². The summed E-state index contributed by atoms with van der Waals surface area (Å²) in [5.74, 6) is 0. The van der Waals surface area contributed by atoms with Crippen LogP contribution in [0.4, 0.5) is 26.3 Å². The van der Waals surface area contributed by atoms with E-state index in [2.05, 4.69) is 6.58 Å². The first-order valence-corrected chi connectivity index (χ1v) is 5.93. The van der Waals surface area contributed by atoms with Crippen LogP contribution in [0.3, 0.4) is 0 Å². The van der Waals surface area contributed by atoms with Crippen molar-refractivity contribution in [1.82, 2.24) is 0 Å². The van der Waals surface area contributed by atoms with E-state index in [4.69, 9.17) is 0 Å². The highest BCUT2D eigenvalue weighted by Gasteiger charge is 2.81. The van der Waals surface area contributed by atoms with Gasteiger partial charge in [0.1, 0.15) is 0 Å². The van der Waals surface area contributed by atoms with Crippen molar-refractivity contribution < 1.29 is 31.4 Å². The first-order chi connectivity index (χ1) is 8.43. The summed E-state index contributed by atoms with van der Waals surface area (Å²) in [7, 11) is 0. The Balaban J connectivity index is 2.51. The topological polar surface area (TPSA) is 20.2 Å². The number of halogens is 6. The van der Waals surface area contributed by atoms with Crippen LogP contribution < -0.4 is 0 Å². The number of alkyl halides is 6. The van der Waals surface area contributed by atoms with E-state index in [0.29, 0.717) is 0 Å². The summed E-state index contributed by atoms with van der Waals surface area (Å²) in [6.45, 7) is 3.51. The maximum Gasteiger partial charge on any atom is 0.426 e. The third-order valence-electron chi connectivity index (χ3n) is 4.91. The minimum absolute atomic E-state index is 0.213. The normalized spacial score (nSPS) is 35.7. The highest BCUT2D eigenvalue weighted by Crippen LogP contribution is 2.70. The number of hydrogen-bond acceptors (Lipinski definition) is 1. The standard InChI is InChI=1S/C12H14F6O/c1-2-8-3-5-9(7-8,6-4-8)10(19,11(13,14)15)12(16,17)18/h2,19H,1,3-7H2. The fourth-order valence-corrected chi connectivity index (χ4v) is 3.78. The van der Waals surface area contributed by atoms with E-state index >= 15 is 0 Å². The van der Waals surface area contributed by atoms with Gasteiger partial charge in [0, 0.05) is 5.41 Å². The van der Waals surface area contributed by atoms with Crippen molar-refractivity contribution in [1.29, 1.82) is 0 Å². The zero-order valence-corrected chi connectivity index (χ0v) is 10.0. The van der Waals surface area contributed by atoms with Gasteiger partial charge < -0.3 is 5.11 Å². The molecule has 0 unspecified atom stereocenters. The van der Waals surface area contributed by atoms with Crippen molar-refractivity contribution >= 4 is 0 Å². The van der Waals surface area contributed by atoms with Crippen molar-refractivity contribution in [3.8, 4) is 0 Å². The molecule has 0 aromatic carbocycles. The molecule has 0 aliphatic heterocycles. The molecule has 0 heterocycles. The van der Waals surface area contributed by atoms with Crippen LogP contribution in [0, 0.1) is 10.8 Å². The number of allylic oxidation sites excluding steroid dienone is 1. The van der Waals surface area contributed by atoms with Gasteiger partial charge in [-0.05, 0) is 37.5 Å². The van der Waals surface area contributed by atoms with Gasteiger partial charge in [-0.1, -0.05) is 6.08 Å². The Morgan fingerprint density at radius 1 is 0.895 bits per heavy atom. The Kier molecular flexibility index (Phi) is 2.84. The molecule has 0 aromatic rings. The lowest BCUT2D eigenvalue weighted by molar-refractivity contribution is -0.403. The van der Waals surface area contributed by atoms with Crippen LogP contribution in [0.5, 0.6) is 0 Å². The van der Waals surface area contributed by atoms with E-state index < -0.39 is 28.8 Å². The Morgan fingerprint density at radius 2 is 1.32 bits per heavy atom. The maximum absolute atomic E-state index is 12.9. The first kappa shape index (κ1) is 14.7. The Hall–Kier alpha value is -0.720. The molecular formula is C12H14F6O. The summed E-state index contributed by atoms with van der Waals surface area (Å²) in [6.07, 6.45) is -10.5. The molecule has 2 saturated carbocycles. The predicted octanol–water partition coefficient (Wildman–Crippen LogP) is 3.98. The quantitative estimate of drug-likeness (QED) is 0.602. The molecule has 0 radical (unpaired) electrons. The van der Waals surface area contributed by atoms with Gasteiger partial charge in [0.25, 0.3) is 5.60 Å². The summed E-state index contributed by atoms with van der Waals surface area (Å²) in [4.78, 5) is 0. The number of aliphatic hydroxyl groups is 1. The van der Waals surface area contributed by atoms with Crippen molar-refractivity contribution in [2.45, 2.75) is 50.1 Å². The monoisotopic (exact) mass is 288 g/mol. The molecule has 2 rings (SSSR count). The largest absolute Gasteiger partial charge is 0.426 e. The van der Waals surface area contributed by atoms with Gasteiger partial charge in [0.2, 0.25) is 0 Å². The average molecular weight is 288 g/mol. The molecule has 7 heteroatoms. The second-order valence-electron chi connectivity index (χ2n) is 5.73. The number of fused-ring (bicyclic) bond motifs is 2. The Labute approximate surface area is 106 Å². The van der Waals surface area contributed by atoms with E-state index in [1.54, 1.807) is 0 Å². The first-order valence-electron chi connectivity index (χ1n) is 5.93. The molecule has 2 fully saturated rings. The second-order valence-corrected chi connectivity index (χ2v) is 5.73. The minimum atomic E-state index is -5.73. The summed E-state index contributed by atoms with van der Waals surface area (Å²) in [5, 5.41) is 9.59. The molecule has 1 nitrogen and oxygen atoms in total. The van der Waals surface area contributed by atoms with E-state index in [1.165, 1.54) is 6.08 Å². The molecule has 0 spiro atoms. The smallest absolute Gasteiger partial charge is 0.373 e. The number of rotatable bonds is 2. The van der Waals surface area contributed by atoms with Gasteiger partial charge in [-0.2, -0.15) is 26.3 Å². The van der Waals surface area contributed by atoms with Crippen LogP contribution in [0.25, 0.3) is 0 Å². The molecule has 0 atom stereocenters. The predicted molar refractivity (Wildman–Crippen MR) is 55.2 cm³/mol. The second kappa shape index (κ2) is 3.68. The molecule has 0 amide bonds. The summed E-state index contributed by atoms with van der Waals surface area (Å²) in [6, 6.07) is 0. The fraction of sp³-hybridized carbons (Fsp3) is 0.833. The lowest BCUT2D eigenvalue weighted by atomic mass is 9.68. The highest BCUT2D eigenvalue weighted by molar-refractivity contribution is 5.20. The van der Waals surface area contributed by atoms with Crippen LogP contribution in [0.2, 0.25) is 0 Å². The van der Waals surface area contributed by atoms with Gasteiger partial charge in [-0.15, -0.1) is 6.58 Å². The van der Waals surface area contributed by atoms with Crippen LogP contribution in [0.15, 0.2) is 12.7 Å². The van der Waals surface area contributed by atoms with Crippen molar-refractivity contribution in [3.05, 3.63) is 12.7 Å². The third-order valence-corrected chi connectivity index (χ3v) is 4.91. The molecule has 19 heavy (non-hydrogen) atoms. The lowest BCUT2D eigenvalue weighted by Gasteiger charge is -2.45. The molecule has 1 N–H and O–H groups in total. The van der Waals surface area contributed by atoms with Crippen molar-refractivity contribution in [2.75, 3.05) is 0 Å². The fourth-order valence-electron chi connectivity index (χ4n) is 3.78. The average Bonchev–Trinajstić information content (AvgIpc) is 2.82. The SMILES string of the molecule is C=CC12CCC(C(O)(C(F)(F)F)C(F)(F)F)(CC1)C2. The summed E-state index contributed by atoms with van der Waals surface area (Å²) in [5.41, 5.74) is -7.49. The Bertz CT molecular complexity index is 372. The van der Waals surface area contributed by atoms with E-state index in [-0.39, 0.29) is 32.1 Å². The molecular weight excluding hydrogens is 274 g/mol. The van der Waals surface area contributed by atoms with Crippen LogP contribution in [0.1, 0.15) is 32.1 Å². The highest BCUT2D eigenvalue weighted by atomic mass is 19.4. The van der Waals surface area contributed by atoms with Crippen LogP contribution >= 0.6 is 0 Å². The van der Waals surface area contributed by atoms with Gasteiger partial charge >= 0.3 is 12.4 Å². The molecule has 2 aliphatic rings. The van der Waals surface area contributed by atoms with Crippen molar-refractivity contribution in [3.63, 3.8) is 0 Å². The molecule has 110 valence electrons. The van der Waals surface area contributed by atoms with Gasteiger partial charge in [-0.25, -0.2) is 0 Å². The van der Waals surface area contributed by atoms with E-state index in [9.17, 15) is 31.4 Å². The third kappa shape index (κ3) is 1.66. The molecule has 0 saturated heterocycles. The van der Waals surface area contributed by atoms with Crippen LogP contribution in [-0.2, 0) is 0 Å². The van der Waals surface area contributed by atoms with Gasteiger partial charge in [-0.3, -0.25) is 0 Å². The maximum atomic E-state index is 12.9. The minimum Gasteiger partial charge on any atom is -0.373 e. The van der Waals surface area contributed by atoms with Gasteiger partial charge in [0.05, 0.1) is 0 Å². The zero-order valence-electron chi connectivity index (χ0n) is 10.0. The molecule has 0 aromatic heterocycles. The van der Waals surface area contributed by atoms with E-state index in [0.717, 1.165) is 0 Å². The number of hydrogen-bond donors (Lipinski definition) is 1. The van der Waals surface area contributed by atoms with E-state index in [1.807, 2.05) is 0 Å². The Morgan fingerprint density at radius 3 is 1.58 bits per heavy atom. The molecule has 2 aliphatic carbocycles. The summed E-state index contributed by atoms with van der Waals surface area (Å²) < 4.78 is 77.6.